The molecular weight excluding hydrogens is 198 g/mol. The molecule has 0 bridgehead atoms. The van der Waals surface area contributed by atoms with Crippen molar-refractivity contribution in [3.8, 4) is 0 Å². The number of likely N-dealkylation sites (tertiary alicyclic amines) is 1. The molecular formula is C13H29N3. The first-order chi connectivity index (χ1) is 7.63. The summed E-state index contributed by atoms with van der Waals surface area (Å²) in [6, 6.07) is 1.16. The highest BCUT2D eigenvalue weighted by atomic mass is 15.2. The predicted molar refractivity (Wildman–Crippen MR) is 70.6 cm³/mol. The van der Waals surface area contributed by atoms with E-state index in [-0.39, 0.29) is 0 Å². The summed E-state index contributed by atoms with van der Waals surface area (Å²) in [6.45, 7) is 9.32. The van der Waals surface area contributed by atoms with Crippen LogP contribution in [-0.2, 0) is 0 Å². The van der Waals surface area contributed by atoms with Gasteiger partial charge in [-0.25, -0.2) is 0 Å². The van der Waals surface area contributed by atoms with Crippen molar-refractivity contribution in [1.29, 1.82) is 0 Å². The van der Waals surface area contributed by atoms with E-state index in [0.29, 0.717) is 6.04 Å². The van der Waals surface area contributed by atoms with Crippen molar-refractivity contribution >= 4 is 0 Å². The maximum Gasteiger partial charge on any atom is 0.0117 e. The lowest BCUT2D eigenvalue weighted by molar-refractivity contribution is 0.130. The smallest absolute Gasteiger partial charge is 0.0117 e. The first-order valence-corrected chi connectivity index (χ1v) is 6.81. The van der Waals surface area contributed by atoms with Crippen molar-refractivity contribution in [3.63, 3.8) is 0 Å². The number of rotatable bonds is 6. The molecule has 0 aromatic carbocycles. The average molecular weight is 227 g/mol. The Morgan fingerprint density at radius 1 is 1.38 bits per heavy atom. The minimum absolute atomic E-state index is 0.357. The minimum Gasteiger partial charge on any atom is -0.328 e. The third-order valence-corrected chi connectivity index (χ3v) is 3.80. The van der Waals surface area contributed by atoms with Gasteiger partial charge in [-0.05, 0) is 65.8 Å². The normalized spacial score (nSPS) is 21.6. The summed E-state index contributed by atoms with van der Waals surface area (Å²) in [5, 5.41) is 0. The van der Waals surface area contributed by atoms with E-state index in [1.165, 1.54) is 45.4 Å². The van der Waals surface area contributed by atoms with Gasteiger partial charge in [-0.3, -0.25) is 0 Å². The molecule has 2 N–H and O–H groups in total. The van der Waals surface area contributed by atoms with Crippen LogP contribution in [0, 0.1) is 0 Å². The first kappa shape index (κ1) is 13.9. The molecule has 0 aromatic rings. The van der Waals surface area contributed by atoms with Crippen molar-refractivity contribution in [2.75, 3.05) is 33.2 Å². The van der Waals surface area contributed by atoms with E-state index in [9.17, 15) is 0 Å². The van der Waals surface area contributed by atoms with Crippen molar-refractivity contribution in [1.82, 2.24) is 9.80 Å². The largest absolute Gasteiger partial charge is 0.328 e. The lowest BCUT2D eigenvalue weighted by Gasteiger charge is -2.36. The molecule has 0 radical (unpaired) electrons. The Bertz CT molecular complexity index is 174. The molecule has 3 nitrogen and oxygen atoms in total. The fourth-order valence-corrected chi connectivity index (χ4v) is 2.52. The van der Waals surface area contributed by atoms with Crippen molar-refractivity contribution in [2.45, 2.75) is 51.6 Å². The number of nitrogens with zero attached hydrogens (tertiary/aromatic N) is 2. The molecule has 16 heavy (non-hydrogen) atoms. The highest BCUT2D eigenvalue weighted by Gasteiger charge is 2.20. The molecule has 1 atom stereocenters. The summed E-state index contributed by atoms with van der Waals surface area (Å²) in [6.07, 6.45) is 5.06. The quantitative estimate of drug-likeness (QED) is 0.747. The topological polar surface area (TPSA) is 32.5 Å². The lowest BCUT2D eigenvalue weighted by Crippen LogP contribution is -2.43. The lowest BCUT2D eigenvalue weighted by atomic mass is 10.0. The summed E-state index contributed by atoms with van der Waals surface area (Å²) in [7, 11) is 2.27. The third-order valence-electron chi connectivity index (χ3n) is 3.80. The van der Waals surface area contributed by atoms with Gasteiger partial charge in [-0.15, -0.1) is 0 Å². The van der Waals surface area contributed by atoms with Crippen LogP contribution in [-0.4, -0.2) is 55.1 Å². The van der Waals surface area contributed by atoms with E-state index in [4.69, 9.17) is 5.73 Å². The van der Waals surface area contributed by atoms with Crippen LogP contribution in [0.4, 0.5) is 0 Å². The minimum atomic E-state index is 0.357. The van der Waals surface area contributed by atoms with Gasteiger partial charge in [-0.1, -0.05) is 6.92 Å². The zero-order valence-electron chi connectivity index (χ0n) is 11.3. The Balaban J connectivity index is 2.15. The van der Waals surface area contributed by atoms with Crippen molar-refractivity contribution < 1.29 is 0 Å². The van der Waals surface area contributed by atoms with Gasteiger partial charge in [-0.2, -0.15) is 0 Å². The van der Waals surface area contributed by atoms with Crippen LogP contribution < -0.4 is 5.73 Å². The molecule has 0 amide bonds. The Kier molecular flexibility index (Phi) is 6.32. The van der Waals surface area contributed by atoms with E-state index in [2.05, 4.69) is 30.7 Å². The molecule has 0 aromatic heterocycles. The number of hydrogen-bond acceptors (Lipinski definition) is 3. The number of piperidine rings is 1. The highest BCUT2D eigenvalue weighted by Crippen LogP contribution is 2.15. The molecule has 0 aliphatic carbocycles. The molecule has 3 heteroatoms. The van der Waals surface area contributed by atoms with Gasteiger partial charge in [0, 0.05) is 12.1 Å². The number of hydrogen-bond donors (Lipinski definition) is 1. The van der Waals surface area contributed by atoms with E-state index >= 15 is 0 Å². The van der Waals surface area contributed by atoms with Crippen LogP contribution in [0.2, 0.25) is 0 Å². The predicted octanol–water partition coefficient (Wildman–Crippen LogP) is 1.53. The van der Waals surface area contributed by atoms with E-state index in [1.54, 1.807) is 0 Å². The molecule has 0 saturated carbocycles. The summed E-state index contributed by atoms with van der Waals surface area (Å²) < 4.78 is 0. The summed E-state index contributed by atoms with van der Waals surface area (Å²) in [4.78, 5) is 5.08. The van der Waals surface area contributed by atoms with E-state index in [0.717, 1.165) is 12.5 Å². The SMILES string of the molecule is CCN1CCC(N(C)CCCC(C)N)CC1. The highest BCUT2D eigenvalue weighted by molar-refractivity contribution is 4.77. The molecule has 1 fully saturated rings. The Hall–Kier alpha value is -0.120. The van der Waals surface area contributed by atoms with Gasteiger partial charge >= 0.3 is 0 Å². The van der Waals surface area contributed by atoms with Gasteiger partial charge in [0.2, 0.25) is 0 Å². The van der Waals surface area contributed by atoms with Crippen LogP contribution >= 0.6 is 0 Å². The molecule has 1 aliphatic rings. The Labute approximate surface area is 101 Å². The third kappa shape index (κ3) is 4.81. The second-order valence-corrected chi connectivity index (χ2v) is 5.27. The zero-order valence-corrected chi connectivity index (χ0v) is 11.3. The summed E-state index contributed by atoms with van der Waals surface area (Å²) >= 11 is 0. The van der Waals surface area contributed by atoms with Crippen LogP contribution in [0.1, 0.15) is 39.5 Å². The van der Waals surface area contributed by atoms with Crippen LogP contribution in [0.3, 0.4) is 0 Å². The standard InChI is InChI=1S/C13H29N3/c1-4-16-10-7-13(8-11-16)15(3)9-5-6-12(2)14/h12-13H,4-11,14H2,1-3H3. The van der Waals surface area contributed by atoms with E-state index in [1.807, 2.05) is 0 Å². The average Bonchev–Trinajstić information content (AvgIpc) is 2.28. The second kappa shape index (κ2) is 7.25. The van der Waals surface area contributed by atoms with Gasteiger partial charge in [0.1, 0.15) is 0 Å². The molecule has 1 saturated heterocycles. The van der Waals surface area contributed by atoms with Gasteiger partial charge < -0.3 is 15.5 Å². The molecule has 1 aliphatic heterocycles. The maximum absolute atomic E-state index is 5.77. The Morgan fingerprint density at radius 3 is 2.50 bits per heavy atom. The Morgan fingerprint density at radius 2 is 2.00 bits per heavy atom. The van der Waals surface area contributed by atoms with Crippen LogP contribution in [0.5, 0.6) is 0 Å². The van der Waals surface area contributed by atoms with E-state index < -0.39 is 0 Å². The van der Waals surface area contributed by atoms with Crippen LogP contribution in [0.15, 0.2) is 0 Å². The second-order valence-electron chi connectivity index (χ2n) is 5.27. The maximum atomic E-state index is 5.77. The van der Waals surface area contributed by atoms with Gasteiger partial charge in [0.15, 0.2) is 0 Å². The summed E-state index contributed by atoms with van der Waals surface area (Å²) in [5.74, 6) is 0. The molecule has 0 spiro atoms. The molecule has 1 rings (SSSR count). The summed E-state index contributed by atoms with van der Waals surface area (Å²) in [5.41, 5.74) is 5.77. The molecule has 1 unspecified atom stereocenters. The molecule has 1 heterocycles. The molecule has 96 valence electrons. The fraction of sp³-hybridized carbons (Fsp3) is 1.00. The number of nitrogens with two attached hydrogens (primary N) is 1. The zero-order chi connectivity index (χ0) is 12.0. The van der Waals surface area contributed by atoms with Gasteiger partial charge in [0.25, 0.3) is 0 Å². The van der Waals surface area contributed by atoms with Gasteiger partial charge in [0.05, 0.1) is 0 Å². The van der Waals surface area contributed by atoms with Crippen molar-refractivity contribution in [2.24, 2.45) is 5.73 Å². The van der Waals surface area contributed by atoms with Crippen molar-refractivity contribution in [3.05, 3.63) is 0 Å². The first-order valence-electron chi connectivity index (χ1n) is 6.81. The monoisotopic (exact) mass is 227 g/mol. The van der Waals surface area contributed by atoms with Crippen LogP contribution in [0.25, 0.3) is 0 Å². The fourth-order valence-electron chi connectivity index (χ4n) is 2.52.